The Morgan fingerprint density at radius 1 is 0.969 bits per heavy atom. The topological polar surface area (TPSA) is 71.1 Å². The summed E-state index contributed by atoms with van der Waals surface area (Å²) in [5.74, 6) is -0.746. The lowest BCUT2D eigenvalue weighted by Gasteiger charge is -2.12. The molecule has 1 aromatic heterocycles. The Labute approximate surface area is 185 Å². The molecule has 4 aromatic rings. The van der Waals surface area contributed by atoms with Gasteiger partial charge in [-0.25, -0.2) is 9.37 Å². The summed E-state index contributed by atoms with van der Waals surface area (Å²) < 4.78 is 13.5. The van der Waals surface area contributed by atoms with Crippen molar-refractivity contribution in [1.29, 1.82) is 0 Å². The van der Waals surface area contributed by atoms with E-state index in [1.807, 2.05) is 37.3 Å². The van der Waals surface area contributed by atoms with E-state index in [9.17, 15) is 14.0 Å². The normalized spacial score (nSPS) is 10.7. The molecule has 4 rings (SSSR count). The van der Waals surface area contributed by atoms with Gasteiger partial charge < -0.3 is 10.6 Å². The molecule has 2 amide bonds. The summed E-state index contributed by atoms with van der Waals surface area (Å²) in [5, 5.41) is 6.37. The van der Waals surface area contributed by atoms with Gasteiger partial charge in [0, 0.05) is 30.1 Å². The molecule has 0 aliphatic heterocycles. The summed E-state index contributed by atoms with van der Waals surface area (Å²) in [4.78, 5) is 29.1. The first-order chi connectivity index (χ1) is 15.4. The zero-order valence-corrected chi connectivity index (χ0v) is 17.8. The van der Waals surface area contributed by atoms with Crippen LogP contribution in [0.25, 0.3) is 22.2 Å². The average molecular weight is 427 g/mol. The number of aryl methyl sites for hydroxylation is 1. The summed E-state index contributed by atoms with van der Waals surface area (Å²) in [6.07, 6.45) is 0. The summed E-state index contributed by atoms with van der Waals surface area (Å²) >= 11 is 0. The molecule has 0 fully saturated rings. The molecule has 6 heteroatoms. The van der Waals surface area contributed by atoms with Gasteiger partial charge in [0.15, 0.2) is 0 Å². The summed E-state index contributed by atoms with van der Waals surface area (Å²) in [7, 11) is 0. The van der Waals surface area contributed by atoms with Crippen LogP contribution >= 0.6 is 0 Å². The van der Waals surface area contributed by atoms with Crippen LogP contribution in [0.2, 0.25) is 0 Å². The highest BCUT2D eigenvalue weighted by molar-refractivity contribution is 6.07. The lowest BCUT2D eigenvalue weighted by molar-refractivity contribution is -0.114. The van der Waals surface area contributed by atoms with Gasteiger partial charge in [-0.05, 0) is 55.0 Å². The quantitative estimate of drug-likeness (QED) is 0.458. The van der Waals surface area contributed by atoms with E-state index in [2.05, 4.69) is 10.6 Å². The largest absolute Gasteiger partial charge is 0.348 e. The molecular formula is C26H22FN3O2. The molecule has 0 atom stereocenters. The van der Waals surface area contributed by atoms with Crippen molar-refractivity contribution in [2.45, 2.75) is 20.4 Å². The van der Waals surface area contributed by atoms with Gasteiger partial charge in [0.05, 0.1) is 16.8 Å². The molecule has 160 valence electrons. The number of aromatic nitrogens is 1. The van der Waals surface area contributed by atoms with Crippen molar-refractivity contribution in [2.24, 2.45) is 0 Å². The third-order valence-electron chi connectivity index (χ3n) is 5.05. The number of hydrogen-bond donors (Lipinski definition) is 2. The summed E-state index contributed by atoms with van der Waals surface area (Å²) in [5.41, 5.74) is 5.05. The fourth-order valence-electron chi connectivity index (χ4n) is 3.53. The third-order valence-corrected chi connectivity index (χ3v) is 5.05. The second kappa shape index (κ2) is 8.98. The van der Waals surface area contributed by atoms with E-state index in [1.165, 1.54) is 19.1 Å². The Hall–Kier alpha value is -4.06. The van der Waals surface area contributed by atoms with Gasteiger partial charge in [-0.15, -0.1) is 0 Å². The highest BCUT2D eigenvalue weighted by atomic mass is 19.1. The molecule has 0 aliphatic carbocycles. The van der Waals surface area contributed by atoms with E-state index in [1.54, 1.807) is 30.3 Å². The van der Waals surface area contributed by atoms with E-state index >= 15 is 0 Å². The number of amides is 2. The van der Waals surface area contributed by atoms with Crippen molar-refractivity contribution in [1.82, 2.24) is 10.3 Å². The highest BCUT2D eigenvalue weighted by Crippen LogP contribution is 2.27. The first-order valence-corrected chi connectivity index (χ1v) is 10.2. The molecule has 0 spiro atoms. The number of halogens is 1. The summed E-state index contributed by atoms with van der Waals surface area (Å²) in [6.45, 7) is 3.63. The Morgan fingerprint density at radius 2 is 1.75 bits per heavy atom. The lowest BCUT2D eigenvalue weighted by Crippen LogP contribution is -2.23. The minimum Gasteiger partial charge on any atom is -0.348 e. The Bertz CT molecular complexity index is 1320. The van der Waals surface area contributed by atoms with Crippen LogP contribution in [0.5, 0.6) is 0 Å². The smallest absolute Gasteiger partial charge is 0.252 e. The van der Waals surface area contributed by atoms with Gasteiger partial charge in [0.1, 0.15) is 5.82 Å². The molecule has 3 aromatic carbocycles. The Balaban J connectivity index is 1.69. The maximum Gasteiger partial charge on any atom is 0.252 e. The number of anilines is 1. The number of carbonyl (C=O) groups is 2. The van der Waals surface area contributed by atoms with Crippen molar-refractivity contribution in [3.63, 3.8) is 0 Å². The van der Waals surface area contributed by atoms with Crippen molar-refractivity contribution < 1.29 is 14.0 Å². The van der Waals surface area contributed by atoms with E-state index in [-0.39, 0.29) is 24.2 Å². The molecule has 1 heterocycles. The molecule has 0 unspecified atom stereocenters. The number of nitrogens with one attached hydrogen (secondary N) is 2. The zero-order chi connectivity index (χ0) is 22.7. The van der Waals surface area contributed by atoms with Crippen molar-refractivity contribution >= 4 is 28.4 Å². The number of benzene rings is 3. The molecule has 0 radical (unpaired) electrons. The molecule has 5 nitrogen and oxygen atoms in total. The van der Waals surface area contributed by atoms with Crippen LogP contribution in [0.1, 0.15) is 28.4 Å². The van der Waals surface area contributed by atoms with Crippen LogP contribution in [0.15, 0.2) is 72.8 Å². The lowest BCUT2D eigenvalue weighted by atomic mass is 10.0. The van der Waals surface area contributed by atoms with Crippen LogP contribution in [0, 0.1) is 12.7 Å². The van der Waals surface area contributed by atoms with Crippen LogP contribution < -0.4 is 10.6 Å². The van der Waals surface area contributed by atoms with Gasteiger partial charge in [0.25, 0.3) is 5.91 Å². The number of pyridine rings is 1. The number of rotatable bonds is 5. The first-order valence-electron chi connectivity index (χ1n) is 10.2. The van der Waals surface area contributed by atoms with Crippen LogP contribution in [-0.4, -0.2) is 16.8 Å². The standard InChI is InChI=1S/C26H22FN3O2/c1-16-6-11-24-22(12-16)23(26(32)28-15-18-4-3-5-20(27)13-18)14-25(30-24)19-7-9-21(10-8-19)29-17(2)31/h3-14H,15H2,1-2H3,(H,28,32)(H,29,31). The van der Waals surface area contributed by atoms with E-state index in [0.717, 1.165) is 16.5 Å². The predicted molar refractivity (Wildman–Crippen MR) is 124 cm³/mol. The van der Waals surface area contributed by atoms with E-state index in [0.29, 0.717) is 28.0 Å². The highest BCUT2D eigenvalue weighted by Gasteiger charge is 2.14. The number of fused-ring (bicyclic) bond motifs is 1. The van der Waals surface area contributed by atoms with Crippen molar-refractivity contribution in [3.8, 4) is 11.3 Å². The average Bonchev–Trinajstić information content (AvgIpc) is 2.77. The second-order valence-corrected chi connectivity index (χ2v) is 7.65. The van der Waals surface area contributed by atoms with Crippen LogP contribution in [-0.2, 0) is 11.3 Å². The van der Waals surface area contributed by atoms with Gasteiger partial charge in [-0.1, -0.05) is 35.9 Å². The summed E-state index contributed by atoms with van der Waals surface area (Å²) in [6, 6.07) is 21.0. The van der Waals surface area contributed by atoms with Gasteiger partial charge in [0.2, 0.25) is 5.91 Å². The molecule has 0 saturated carbocycles. The van der Waals surface area contributed by atoms with Gasteiger partial charge in [-0.2, -0.15) is 0 Å². The molecule has 2 N–H and O–H groups in total. The maximum atomic E-state index is 13.5. The Kier molecular flexibility index (Phi) is 5.94. The SMILES string of the molecule is CC(=O)Nc1ccc(-c2cc(C(=O)NCc3cccc(F)c3)c3cc(C)ccc3n2)cc1. The number of carbonyl (C=O) groups excluding carboxylic acids is 2. The number of nitrogens with zero attached hydrogens (tertiary/aromatic N) is 1. The zero-order valence-electron chi connectivity index (χ0n) is 17.8. The molecule has 32 heavy (non-hydrogen) atoms. The minimum atomic E-state index is -0.341. The molecular weight excluding hydrogens is 405 g/mol. The second-order valence-electron chi connectivity index (χ2n) is 7.65. The fraction of sp³-hybridized carbons (Fsp3) is 0.115. The molecule has 0 saturated heterocycles. The van der Waals surface area contributed by atoms with Gasteiger partial charge >= 0.3 is 0 Å². The monoisotopic (exact) mass is 427 g/mol. The minimum absolute atomic E-state index is 0.144. The fourth-order valence-corrected chi connectivity index (χ4v) is 3.53. The molecule has 0 bridgehead atoms. The Morgan fingerprint density at radius 3 is 2.47 bits per heavy atom. The predicted octanol–water partition coefficient (Wildman–Crippen LogP) is 5.24. The molecule has 0 aliphatic rings. The van der Waals surface area contributed by atoms with Gasteiger partial charge in [-0.3, -0.25) is 9.59 Å². The maximum absolute atomic E-state index is 13.5. The van der Waals surface area contributed by atoms with E-state index < -0.39 is 0 Å². The number of hydrogen-bond acceptors (Lipinski definition) is 3. The first kappa shape index (κ1) is 21.2. The van der Waals surface area contributed by atoms with Crippen LogP contribution in [0.4, 0.5) is 10.1 Å². The van der Waals surface area contributed by atoms with E-state index in [4.69, 9.17) is 4.98 Å². The van der Waals surface area contributed by atoms with Crippen molar-refractivity contribution in [3.05, 3.63) is 95.3 Å². The third kappa shape index (κ3) is 4.81. The van der Waals surface area contributed by atoms with Crippen molar-refractivity contribution in [2.75, 3.05) is 5.32 Å². The van der Waals surface area contributed by atoms with Crippen LogP contribution in [0.3, 0.4) is 0 Å².